The van der Waals surface area contributed by atoms with Crippen molar-refractivity contribution in [1.29, 1.82) is 0 Å². The maximum atomic E-state index is 13.9. The number of nitrogens with one attached hydrogen (secondary N) is 1. The SMILES string of the molecule is NNc1cc(-c2ccccc2)nc2c(F)c(F)cc(F)c12. The van der Waals surface area contributed by atoms with Gasteiger partial charge in [-0.3, -0.25) is 5.84 Å². The van der Waals surface area contributed by atoms with Crippen molar-refractivity contribution < 1.29 is 13.2 Å². The summed E-state index contributed by atoms with van der Waals surface area (Å²) in [6, 6.07) is 10.8. The van der Waals surface area contributed by atoms with Crippen molar-refractivity contribution >= 4 is 16.6 Å². The summed E-state index contributed by atoms with van der Waals surface area (Å²) in [7, 11) is 0. The van der Waals surface area contributed by atoms with E-state index in [1.54, 1.807) is 24.3 Å². The van der Waals surface area contributed by atoms with Crippen LogP contribution in [-0.2, 0) is 0 Å². The number of hydrogen-bond donors (Lipinski definition) is 2. The standard InChI is InChI=1S/C15H10F3N3/c16-9-6-10(17)14(18)15-13(9)12(21-19)7-11(20-15)8-4-2-1-3-5-8/h1-7H,19H2,(H,20,21). The molecule has 0 aliphatic rings. The molecule has 1 aromatic heterocycles. The molecule has 0 saturated heterocycles. The van der Waals surface area contributed by atoms with E-state index < -0.39 is 23.0 Å². The zero-order valence-electron chi connectivity index (χ0n) is 10.7. The third kappa shape index (κ3) is 2.19. The number of hydrazine groups is 1. The van der Waals surface area contributed by atoms with Gasteiger partial charge in [0, 0.05) is 11.6 Å². The minimum Gasteiger partial charge on any atom is -0.323 e. The van der Waals surface area contributed by atoms with Gasteiger partial charge in [-0.1, -0.05) is 30.3 Å². The molecule has 0 radical (unpaired) electrons. The first-order chi connectivity index (χ1) is 10.1. The van der Waals surface area contributed by atoms with Crippen LogP contribution in [0.25, 0.3) is 22.2 Å². The van der Waals surface area contributed by atoms with Crippen LogP contribution in [0, 0.1) is 17.5 Å². The highest BCUT2D eigenvalue weighted by Gasteiger charge is 2.18. The van der Waals surface area contributed by atoms with E-state index in [1.807, 2.05) is 6.07 Å². The molecule has 0 saturated carbocycles. The van der Waals surface area contributed by atoms with Gasteiger partial charge in [-0.05, 0) is 6.07 Å². The fourth-order valence-corrected chi connectivity index (χ4v) is 2.18. The molecule has 3 N–H and O–H groups in total. The molecule has 3 rings (SSSR count). The van der Waals surface area contributed by atoms with E-state index >= 15 is 0 Å². The Labute approximate surface area is 118 Å². The van der Waals surface area contributed by atoms with Gasteiger partial charge in [-0.2, -0.15) is 0 Å². The lowest BCUT2D eigenvalue weighted by atomic mass is 10.1. The van der Waals surface area contributed by atoms with Gasteiger partial charge in [-0.25, -0.2) is 18.2 Å². The summed E-state index contributed by atoms with van der Waals surface area (Å²) in [5.41, 5.74) is 3.07. The lowest BCUT2D eigenvalue weighted by Crippen LogP contribution is -2.09. The highest BCUT2D eigenvalue weighted by molar-refractivity contribution is 5.94. The monoisotopic (exact) mass is 289 g/mol. The van der Waals surface area contributed by atoms with Crippen molar-refractivity contribution in [2.24, 2.45) is 5.84 Å². The largest absolute Gasteiger partial charge is 0.323 e. The molecule has 0 unspecified atom stereocenters. The average Bonchev–Trinajstić information content (AvgIpc) is 2.52. The Balaban J connectivity index is 2.39. The van der Waals surface area contributed by atoms with Crippen LogP contribution in [0.3, 0.4) is 0 Å². The van der Waals surface area contributed by atoms with Gasteiger partial charge >= 0.3 is 0 Å². The summed E-state index contributed by atoms with van der Waals surface area (Å²) in [6.45, 7) is 0. The van der Waals surface area contributed by atoms with Crippen LogP contribution in [0.5, 0.6) is 0 Å². The molecule has 1 heterocycles. The third-order valence-electron chi connectivity index (χ3n) is 3.15. The Morgan fingerprint density at radius 3 is 2.33 bits per heavy atom. The van der Waals surface area contributed by atoms with Gasteiger partial charge in [0.1, 0.15) is 11.3 Å². The van der Waals surface area contributed by atoms with Crippen molar-refractivity contribution in [1.82, 2.24) is 4.98 Å². The summed E-state index contributed by atoms with van der Waals surface area (Å²) < 4.78 is 41.2. The molecule has 0 aliphatic carbocycles. The Morgan fingerprint density at radius 2 is 1.67 bits per heavy atom. The number of benzene rings is 2. The van der Waals surface area contributed by atoms with E-state index in [-0.39, 0.29) is 11.1 Å². The van der Waals surface area contributed by atoms with E-state index in [0.29, 0.717) is 17.3 Å². The third-order valence-corrected chi connectivity index (χ3v) is 3.15. The minimum absolute atomic E-state index is 0.134. The first-order valence-corrected chi connectivity index (χ1v) is 6.12. The van der Waals surface area contributed by atoms with Crippen LogP contribution in [0.2, 0.25) is 0 Å². The summed E-state index contributed by atoms with van der Waals surface area (Å²) in [5.74, 6) is 1.93. The van der Waals surface area contributed by atoms with Gasteiger partial charge in [0.25, 0.3) is 0 Å². The van der Waals surface area contributed by atoms with E-state index in [1.165, 1.54) is 6.07 Å². The normalized spacial score (nSPS) is 10.9. The zero-order chi connectivity index (χ0) is 15.0. The van der Waals surface area contributed by atoms with Crippen molar-refractivity contribution in [3.8, 4) is 11.3 Å². The molecule has 3 aromatic rings. The van der Waals surface area contributed by atoms with Gasteiger partial charge in [0.05, 0.1) is 16.8 Å². The Kier molecular flexibility index (Phi) is 3.23. The number of nitrogens with two attached hydrogens (primary N) is 1. The lowest BCUT2D eigenvalue weighted by Gasteiger charge is -2.11. The molecular formula is C15H10F3N3. The maximum Gasteiger partial charge on any atom is 0.185 e. The second-order valence-corrected chi connectivity index (χ2v) is 4.44. The zero-order valence-corrected chi connectivity index (χ0v) is 10.7. The second-order valence-electron chi connectivity index (χ2n) is 4.44. The van der Waals surface area contributed by atoms with E-state index in [0.717, 1.165) is 0 Å². The molecule has 2 aromatic carbocycles. The molecular weight excluding hydrogens is 279 g/mol. The van der Waals surface area contributed by atoms with Crippen molar-refractivity contribution in [3.05, 3.63) is 59.9 Å². The summed E-state index contributed by atoms with van der Waals surface area (Å²) in [4.78, 5) is 4.02. The molecule has 6 heteroatoms. The van der Waals surface area contributed by atoms with Gasteiger partial charge < -0.3 is 5.43 Å². The number of pyridine rings is 1. The summed E-state index contributed by atoms with van der Waals surface area (Å²) in [6.07, 6.45) is 0. The van der Waals surface area contributed by atoms with Crippen LogP contribution in [0.1, 0.15) is 0 Å². The van der Waals surface area contributed by atoms with E-state index in [4.69, 9.17) is 5.84 Å². The van der Waals surface area contributed by atoms with Crippen molar-refractivity contribution in [3.63, 3.8) is 0 Å². The molecule has 0 bridgehead atoms. The number of fused-ring (bicyclic) bond motifs is 1. The lowest BCUT2D eigenvalue weighted by molar-refractivity contribution is 0.504. The molecule has 0 spiro atoms. The highest BCUT2D eigenvalue weighted by atomic mass is 19.2. The van der Waals surface area contributed by atoms with Crippen molar-refractivity contribution in [2.45, 2.75) is 0 Å². The number of hydrogen-bond acceptors (Lipinski definition) is 3. The Morgan fingerprint density at radius 1 is 0.952 bits per heavy atom. The topological polar surface area (TPSA) is 50.9 Å². The molecule has 21 heavy (non-hydrogen) atoms. The van der Waals surface area contributed by atoms with Crippen LogP contribution in [0.15, 0.2) is 42.5 Å². The number of nitrogens with zero attached hydrogens (tertiary/aromatic N) is 1. The van der Waals surface area contributed by atoms with Crippen LogP contribution < -0.4 is 11.3 Å². The number of nitrogen functional groups attached to an aromatic ring is 1. The Hall–Kier alpha value is -2.60. The number of halogens is 3. The first kappa shape index (κ1) is 13.4. The number of aromatic nitrogens is 1. The minimum atomic E-state index is -1.29. The first-order valence-electron chi connectivity index (χ1n) is 6.12. The quantitative estimate of drug-likeness (QED) is 0.430. The second kappa shape index (κ2) is 5.06. The van der Waals surface area contributed by atoms with E-state index in [2.05, 4.69) is 10.4 Å². The number of rotatable bonds is 2. The van der Waals surface area contributed by atoms with Gasteiger partial charge in [0.15, 0.2) is 11.6 Å². The predicted molar refractivity (Wildman–Crippen MR) is 74.9 cm³/mol. The molecule has 0 fully saturated rings. The van der Waals surface area contributed by atoms with Crippen LogP contribution in [0.4, 0.5) is 18.9 Å². The maximum absolute atomic E-state index is 13.9. The number of anilines is 1. The van der Waals surface area contributed by atoms with Gasteiger partial charge in [0.2, 0.25) is 0 Å². The average molecular weight is 289 g/mol. The molecule has 0 amide bonds. The summed E-state index contributed by atoms with van der Waals surface area (Å²) >= 11 is 0. The molecule has 3 nitrogen and oxygen atoms in total. The predicted octanol–water partition coefficient (Wildman–Crippen LogP) is 3.60. The summed E-state index contributed by atoms with van der Waals surface area (Å²) in [5, 5.41) is -0.184. The smallest absolute Gasteiger partial charge is 0.185 e. The Bertz CT molecular complexity index is 820. The van der Waals surface area contributed by atoms with E-state index in [9.17, 15) is 13.2 Å². The fourth-order valence-electron chi connectivity index (χ4n) is 2.18. The molecule has 106 valence electrons. The highest BCUT2D eigenvalue weighted by Crippen LogP contribution is 2.32. The van der Waals surface area contributed by atoms with Crippen molar-refractivity contribution in [2.75, 3.05) is 5.43 Å². The van der Waals surface area contributed by atoms with Gasteiger partial charge in [-0.15, -0.1) is 0 Å². The molecule has 0 atom stereocenters. The van der Waals surface area contributed by atoms with Crippen LogP contribution >= 0.6 is 0 Å². The fraction of sp³-hybridized carbons (Fsp3) is 0. The molecule has 0 aliphatic heterocycles. The van der Waals surface area contributed by atoms with Crippen LogP contribution in [-0.4, -0.2) is 4.98 Å².